The maximum atomic E-state index is 14.6. The lowest BCUT2D eigenvalue weighted by Crippen LogP contribution is -2.59. The number of anilines is 1. The summed E-state index contributed by atoms with van der Waals surface area (Å²) < 4.78 is 45.8. The van der Waals surface area contributed by atoms with Gasteiger partial charge in [0.2, 0.25) is 21.8 Å². The van der Waals surface area contributed by atoms with Crippen LogP contribution in [0.3, 0.4) is 0 Å². The Hall–Kier alpha value is -5.38. The van der Waals surface area contributed by atoms with Crippen LogP contribution >= 0.6 is 0 Å². The molecule has 2 aromatic carbocycles. The van der Waals surface area contributed by atoms with E-state index in [0.717, 1.165) is 44.2 Å². The van der Waals surface area contributed by atoms with Gasteiger partial charge in [-0.15, -0.1) is 6.58 Å². The summed E-state index contributed by atoms with van der Waals surface area (Å²) in [4.78, 5) is 64.5. The number of nitrogens with zero attached hydrogens (tertiary/aromatic N) is 3. The van der Waals surface area contributed by atoms with E-state index in [1.54, 1.807) is 21.0 Å². The number of likely N-dealkylation sites (N-methyl/N-ethyl adjacent to an activating group) is 1. The molecule has 3 aromatic rings. The Morgan fingerprint density at radius 2 is 1.78 bits per heavy atom. The van der Waals surface area contributed by atoms with E-state index in [4.69, 9.17) is 19.2 Å². The number of pyridine rings is 1. The van der Waals surface area contributed by atoms with Gasteiger partial charge in [-0.25, -0.2) is 18.2 Å². The summed E-state index contributed by atoms with van der Waals surface area (Å²) >= 11 is 0. The van der Waals surface area contributed by atoms with Gasteiger partial charge in [0.15, 0.2) is 0 Å². The topological polar surface area (TPSA) is 186 Å². The predicted octanol–water partition coefficient (Wildman–Crippen LogP) is 4.61. The van der Waals surface area contributed by atoms with E-state index in [1.165, 1.54) is 22.2 Å². The SMILES string of the molecule is C=CC1CC1(NC(=O)[C@@H]1C[C@@H](Oc2cc(-c3ccc4c(c3)CCN4C)nc3cc(OC)ccc23)CN1C(=O)[C@@H](NC(=O)OC1CCCC1)C(C)C)C(=O)NS(=O)(=O)C1CC1. The summed E-state index contributed by atoms with van der Waals surface area (Å²) in [6.45, 7) is 8.30. The molecule has 0 spiro atoms. The van der Waals surface area contributed by atoms with Crippen molar-refractivity contribution in [2.45, 2.75) is 107 Å². The van der Waals surface area contributed by atoms with Crippen LogP contribution in [0.4, 0.5) is 10.5 Å². The largest absolute Gasteiger partial charge is 0.497 e. The summed E-state index contributed by atoms with van der Waals surface area (Å²) in [6, 6.07) is 11.4. The predicted molar refractivity (Wildman–Crippen MR) is 225 cm³/mol. The fraction of sp³-hybridized carbons (Fsp3) is 0.523. The van der Waals surface area contributed by atoms with Crippen LogP contribution in [0.5, 0.6) is 11.5 Å². The van der Waals surface area contributed by atoms with Gasteiger partial charge in [-0.1, -0.05) is 26.0 Å². The van der Waals surface area contributed by atoms with Gasteiger partial charge in [0.05, 0.1) is 30.1 Å². The first-order chi connectivity index (χ1) is 28.7. The maximum Gasteiger partial charge on any atom is 0.408 e. The molecule has 1 aromatic heterocycles. The Balaban J connectivity index is 1.10. The molecule has 2 aliphatic heterocycles. The molecule has 0 bridgehead atoms. The highest BCUT2D eigenvalue weighted by Crippen LogP contribution is 2.46. The smallest absolute Gasteiger partial charge is 0.408 e. The number of fused-ring (bicyclic) bond motifs is 2. The number of carbonyl (C=O) groups is 4. The Morgan fingerprint density at radius 1 is 1.02 bits per heavy atom. The molecule has 60 heavy (non-hydrogen) atoms. The van der Waals surface area contributed by atoms with Crippen molar-refractivity contribution in [3.05, 3.63) is 60.7 Å². The van der Waals surface area contributed by atoms with E-state index in [9.17, 15) is 27.6 Å². The van der Waals surface area contributed by atoms with Crippen molar-refractivity contribution in [3.8, 4) is 22.8 Å². The molecule has 5 atom stereocenters. The lowest BCUT2D eigenvalue weighted by molar-refractivity contribution is -0.141. The zero-order valence-corrected chi connectivity index (χ0v) is 35.4. The molecule has 8 rings (SSSR count). The number of likely N-dealkylation sites (tertiary alicyclic amines) is 1. The van der Waals surface area contributed by atoms with Gasteiger partial charge in [0, 0.05) is 54.7 Å². The first-order valence-corrected chi connectivity index (χ1v) is 22.5. The highest BCUT2D eigenvalue weighted by molar-refractivity contribution is 7.91. The number of hydrogen-bond donors (Lipinski definition) is 3. The molecule has 3 aliphatic carbocycles. The van der Waals surface area contributed by atoms with Crippen molar-refractivity contribution < 1.29 is 41.8 Å². The van der Waals surface area contributed by atoms with Crippen LogP contribution < -0.4 is 29.7 Å². The molecule has 320 valence electrons. The van der Waals surface area contributed by atoms with Gasteiger partial charge in [-0.3, -0.25) is 19.1 Å². The van der Waals surface area contributed by atoms with Crippen LogP contribution in [0.1, 0.15) is 70.8 Å². The quantitative estimate of drug-likeness (QED) is 0.193. The summed E-state index contributed by atoms with van der Waals surface area (Å²) in [7, 11) is -0.260. The van der Waals surface area contributed by atoms with Crippen LogP contribution in [0, 0.1) is 11.8 Å². The lowest BCUT2D eigenvalue weighted by atomic mass is 10.0. The number of aromatic nitrogens is 1. The zero-order valence-electron chi connectivity index (χ0n) is 34.6. The monoisotopic (exact) mass is 842 g/mol. The third-order valence-electron chi connectivity index (χ3n) is 12.7. The number of hydrogen-bond acceptors (Lipinski definition) is 11. The van der Waals surface area contributed by atoms with Crippen molar-refractivity contribution in [3.63, 3.8) is 0 Å². The van der Waals surface area contributed by atoms with Crippen LogP contribution in [0.2, 0.25) is 0 Å². The van der Waals surface area contributed by atoms with Crippen LogP contribution in [-0.4, -0.2) is 104 Å². The molecular formula is C44H54N6O9S. The number of benzene rings is 2. The van der Waals surface area contributed by atoms with Gasteiger partial charge < -0.3 is 34.6 Å². The zero-order chi connectivity index (χ0) is 42.5. The normalized spacial score (nSPS) is 24.2. The van der Waals surface area contributed by atoms with Gasteiger partial charge in [0.25, 0.3) is 5.91 Å². The van der Waals surface area contributed by atoms with Gasteiger partial charge >= 0.3 is 6.09 Å². The number of amides is 4. The molecular weight excluding hydrogens is 789 g/mol. The maximum absolute atomic E-state index is 14.6. The van der Waals surface area contributed by atoms with E-state index in [1.807, 2.05) is 30.3 Å². The van der Waals surface area contributed by atoms with Gasteiger partial charge in [-0.05, 0) is 87.1 Å². The average Bonchev–Trinajstić information content (AvgIpc) is 4.05. The van der Waals surface area contributed by atoms with Crippen molar-refractivity contribution in [2.75, 3.05) is 32.1 Å². The highest BCUT2D eigenvalue weighted by Gasteiger charge is 2.62. The average molecular weight is 843 g/mol. The summed E-state index contributed by atoms with van der Waals surface area (Å²) in [5.74, 6) is -1.81. The Kier molecular flexibility index (Phi) is 11.2. The van der Waals surface area contributed by atoms with Crippen molar-refractivity contribution in [2.24, 2.45) is 11.8 Å². The standard InChI is InChI=1S/C44H54N6O9S/c1-6-28-23-44(28,42(53)48-60(55,56)32-13-14-32)47-40(51)37-21-31(24-50(37)41(52)39(25(2)3)46-43(54)59-29-9-7-8-10-29)58-38-22-34(45-35-20-30(57-5)12-15-33(35)38)26-11-16-36-27(19-26)17-18-49(36)4/h6,11-12,15-16,19-20,22,25,28-29,31-32,37,39H,1,7-10,13-14,17-18,21,23-24H2,2-5H3,(H,46,54)(H,47,51)(H,48,53)/t28?,31-,37+,39+,44?/m1/s1. The molecule has 3 heterocycles. The minimum atomic E-state index is -3.91. The second-order valence-corrected chi connectivity index (χ2v) is 19.2. The minimum absolute atomic E-state index is 0.0277. The Bertz CT molecular complexity index is 2330. The van der Waals surface area contributed by atoms with Crippen molar-refractivity contribution in [1.29, 1.82) is 0 Å². The third kappa shape index (κ3) is 8.22. The van der Waals surface area contributed by atoms with E-state index in [0.29, 0.717) is 40.9 Å². The third-order valence-corrected chi connectivity index (χ3v) is 14.5. The molecule has 15 nitrogen and oxygen atoms in total. The Morgan fingerprint density at radius 3 is 2.47 bits per heavy atom. The van der Waals surface area contributed by atoms with E-state index in [2.05, 4.69) is 46.0 Å². The fourth-order valence-corrected chi connectivity index (χ4v) is 10.2. The van der Waals surface area contributed by atoms with E-state index in [-0.39, 0.29) is 31.4 Å². The lowest BCUT2D eigenvalue weighted by Gasteiger charge is -2.31. The fourth-order valence-electron chi connectivity index (χ4n) is 8.86. The molecule has 3 N–H and O–H groups in total. The van der Waals surface area contributed by atoms with Crippen LogP contribution in [0.25, 0.3) is 22.2 Å². The van der Waals surface area contributed by atoms with Crippen LogP contribution in [-0.2, 0) is 35.6 Å². The molecule has 1 saturated heterocycles. The number of alkyl carbamates (subject to hydrolysis) is 1. The summed E-state index contributed by atoms with van der Waals surface area (Å²) in [6.07, 6.45) is 5.31. The molecule has 2 unspecified atom stereocenters. The van der Waals surface area contributed by atoms with Gasteiger partial charge in [-0.2, -0.15) is 0 Å². The number of nitrogens with one attached hydrogen (secondary N) is 3. The molecule has 5 aliphatic rings. The summed E-state index contributed by atoms with van der Waals surface area (Å²) in [5.41, 5.74) is 3.04. The van der Waals surface area contributed by atoms with Crippen molar-refractivity contribution >= 4 is 50.4 Å². The minimum Gasteiger partial charge on any atom is -0.497 e. The molecule has 16 heteroatoms. The molecule has 0 radical (unpaired) electrons. The van der Waals surface area contributed by atoms with E-state index < -0.39 is 68.7 Å². The first kappa shape index (κ1) is 41.4. The number of carbonyl (C=O) groups excluding carboxylic acids is 4. The number of rotatable bonds is 14. The Labute approximate surface area is 350 Å². The molecule has 4 amide bonds. The second-order valence-electron chi connectivity index (χ2n) is 17.2. The van der Waals surface area contributed by atoms with E-state index >= 15 is 0 Å². The number of ether oxygens (including phenoxy) is 3. The van der Waals surface area contributed by atoms with Crippen LogP contribution in [0.15, 0.2) is 55.1 Å². The second kappa shape index (κ2) is 16.2. The highest BCUT2D eigenvalue weighted by atomic mass is 32.2. The summed E-state index contributed by atoms with van der Waals surface area (Å²) in [5, 5.41) is 5.66. The van der Waals surface area contributed by atoms with Crippen molar-refractivity contribution in [1.82, 2.24) is 25.2 Å². The molecule has 4 fully saturated rings. The first-order valence-electron chi connectivity index (χ1n) is 21.0. The molecule has 3 saturated carbocycles. The van der Waals surface area contributed by atoms with Gasteiger partial charge in [0.1, 0.15) is 41.3 Å². The number of sulfonamides is 1. The number of methoxy groups -OCH3 is 1.